The fourth-order valence-electron chi connectivity index (χ4n) is 4.37. The number of amides is 2. The third-order valence-corrected chi connectivity index (χ3v) is 5.99. The molecule has 2 aromatic heterocycles. The van der Waals surface area contributed by atoms with Gasteiger partial charge in [0.25, 0.3) is 11.8 Å². The van der Waals surface area contributed by atoms with Crippen molar-refractivity contribution in [3.8, 4) is 11.4 Å². The van der Waals surface area contributed by atoms with Crippen LogP contribution in [0, 0.1) is 5.92 Å². The summed E-state index contributed by atoms with van der Waals surface area (Å²) in [6, 6.07) is 11.3. The van der Waals surface area contributed by atoms with Crippen LogP contribution in [0.3, 0.4) is 0 Å². The number of carbonyl (C=O) groups is 2. The number of fused-ring (bicyclic) bond motifs is 2. The van der Waals surface area contributed by atoms with Crippen molar-refractivity contribution >= 4 is 11.8 Å². The fraction of sp³-hybridized carbons (Fsp3) is 0.409. The molecule has 2 amide bonds. The van der Waals surface area contributed by atoms with Gasteiger partial charge < -0.3 is 9.80 Å². The lowest BCUT2D eigenvalue weighted by Gasteiger charge is -2.37. The first kappa shape index (κ1) is 19.5. The second-order valence-corrected chi connectivity index (χ2v) is 8.43. The zero-order valence-corrected chi connectivity index (χ0v) is 17.9. The van der Waals surface area contributed by atoms with E-state index in [1.54, 1.807) is 22.7 Å². The molecule has 0 saturated carbocycles. The molecular weight excluding hydrogens is 394 g/mol. The molecular formula is C22H25N7O2. The van der Waals surface area contributed by atoms with E-state index in [2.05, 4.69) is 24.0 Å². The lowest BCUT2D eigenvalue weighted by Crippen LogP contribution is -2.44. The van der Waals surface area contributed by atoms with Gasteiger partial charge in [-0.05, 0) is 5.92 Å². The average Bonchev–Trinajstić information content (AvgIpc) is 3.40. The van der Waals surface area contributed by atoms with E-state index in [9.17, 15) is 9.59 Å². The van der Waals surface area contributed by atoms with E-state index < -0.39 is 0 Å². The van der Waals surface area contributed by atoms with Gasteiger partial charge in [0.2, 0.25) is 0 Å². The van der Waals surface area contributed by atoms with Gasteiger partial charge in [-0.25, -0.2) is 9.67 Å². The first-order chi connectivity index (χ1) is 14.9. The molecule has 9 nitrogen and oxygen atoms in total. The molecule has 0 N–H and O–H groups in total. The van der Waals surface area contributed by atoms with Gasteiger partial charge >= 0.3 is 0 Å². The van der Waals surface area contributed by atoms with Crippen molar-refractivity contribution < 1.29 is 9.59 Å². The largest absolute Gasteiger partial charge is 0.339 e. The van der Waals surface area contributed by atoms with Gasteiger partial charge in [-0.2, -0.15) is 10.2 Å². The predicted molar refractivity (Wildman–Crippen MR) is 113 cm³/mol. The first-order valence-corrected chi connectivity index (χ1v) is 10.6. The summed E-state index contributed by atoms with van der Waals surface area (Å²) >= 11 is 0. The lowest BCUT2D eigenvalue weighted by molar-refractivity contribution is 0.0529. The Morgan fingerprint density at radius 3 is 2.52 bits per heavy atom. The number of hydrogen-bond acceptors (Lipinski definition) is 5. The molecule has 5 rings (SSSR count). The van der Waals surface area contributed by atoms with Crippen LogP contribution in [0.5, 0.6) is 0 Å². The molecule has 9 heteroatoms. The molecule has 0 radical (unpaired) electrons. The van der Waals surface area contributed by atoms with Gasteiger partial charge in [-0.1, -0.05) is 44.2 Å². The Bertz CT molecular complexity index is 1150. The van der Waals surface area contributed by atoms with Crippen LogP contribution in [0.2, 0.25) is 0 Å². The van der Waals surface area contributed by atoms with Gasteiger partial charge in [0.15, 0.2) is 17.3 Å². The lowest BCUT2D eigenvalue weighted by atomic mass is 9.99. The molecule has 0 unspecified atom stereocenters. The standard InChI is InChI=1S/C22H25N7O2/c1-14(2)18-20-23-19(15-7-5-4-6-8-15)25-29(20)12-10-27(18)21(30)16-13-17-22(31)26(3)9-11-28(17)24-16/h4-8,13-14,18H,9-12H2,1-3H3/t18-/m0/s1. The summed E-state index contributed by atoms with van der Waals surface area (Å²) < 4.78 is 3.55. The predicted octanol–water partition coefficient (Wildman–Crippen LogP) is 2.08. The maximum atomic E-state index is 13.5. The van der Waals surface area contributed by atoms with E-state index in [1.807, 2.05) is 39.9 Å². The molecule has 3 aromatic rings. The van der Waals surface area contributed by atoms with Gasteiger partial charge in [0.05, 0.1) is 19.1 Å². The summed E-state index contributed by atoms with van der Waals surface area (Å²) in [7, 11) is 1.76. The minimum absolute atomic E-state index is 0.107. The molecule has 4 heterocycles. The van der Waals surface area contributed by atoms with E-state index in [1.165, 1.54) is 0 Å². The maximum Gasteiger partial charge on any atom is 0.275 e. The van der Waals surface area contributed by atoms with Crippen LogP contribution >= 0.6 is 0 Å². The molecule has 2 aliphatic heterocycles. The third kappa shape index (κ3) is 3.20. The number of likely N-dealkylation sites (N-methyl/N-ethyl adjacent to an activating group) is 1. The number of hydrogen-bond donors (Lipinski definition) is 0. The number of nitrogens with zero attached hydrogens (tertiary/aromatic N) is 7. The summed E-state index contributed by atoms with van der Waals surface area (Å²) in [5.41, 5.74) is 1.72. The molecule has 0 bridgehead atoms. The summed E-state index contributed by atoms with van der Waals surface area (Å²) in [6.45, 7) is 6.42. The quantitative estimate of drug-likeness (QED) is 0.649. The number of carbonyl (C=O) groups excluding carboxylic acids is 2. The number of aromatic nitrogens is 5. The van der Waals surface area contributed by atoms with Crippen LogP contribution in [0.1, 0.15) is 46.7 Å². The Morgan fingerprint density at radius 1 is 1.03 bits per heavy atom. The van der Waals surface area contributed by atoms with Crippen LogP contribution in [-0.4, -0.2) is 66.3 Å². The van der Waals surface area contributed by atoms with Crippen molar-refractivity contribution in [2.24, 2.45) is 5.92 Å². The van der Waals surface area contributed by atoms with Crippen LogP contribution < -0.4 is 0 Å². The number of rotatable bonds is 3. The minimum atomic E-state index is -0.219. The minimum Gasteiger partial charge on any atom is -0.339 e. The van der Waals surface area contributed by atoms with Gasteiger partial charge in [-0.15, -0.1) is 0 Å². The van der Waals surface area contributed by atoms with Crippen LogP contribution in [-0.2, 0) is 13.1 Å². The Morgan fingerprint density at radius 2 is 1.77 bits per heavy atom. The molecule has 0 spiro atoms. The topological polar surface area (TPSA) is 89.2 Å². The highest BCUT2D eigenvalue weighted by molar-refractivity contribution is 5.98. The Balaban J connectivity index is 1.48. The number of benzene rings is 1. The van der Waals surface area contributed by atoms with E-state index in [4.69, 9.17) is 4.98 Å². The molecule has 0 aliphatic carbocycles. The maximum absolute atomic E-state index is 13.5. The highest BCUT2D eigenvalue weighted by Crippen LogP contribution is 2.33. The van der Waals surface area contributed by atoms with Crippen molar-refractivity contribution in [3.05, 3.63) is 53.6 Å². The molecule has 160 valence electrons. The second kappa shape index (κ2) is 7.33. The average molecular weight is 419 g/mol. The van der Waals surface area contributed by atoms with Crippen LogP contribution in [0.15, 0.2) is 36.4 Å². The molecule has 1 aromatic carbocycles. The summed E-state index contributed by atoms with van der Waals surface area (Å²) in [5.74, 6) is 1.31. The van der Waals surface area contributed by atoms with Crippen LogP contribution in [0.4, 0.5) is 0 Å². The monoisotopic (exact) mass is 419 g/mol. The highest BCUT2D eigenvalue weighted by Gasteiger charge is 2.38. The van der Waals surface area contributed by atoms with Crippen molar-refractivity contribution in [2.45, 2.75) is 33.0 Å². The summed E-state index contributed by atoms with van der Waals surface area (Å²) in [4.78, 5) is 34.2. The Kier molecular flexibility index (Phi) is 4.60. The summed E-state index contributed by atoms with van der Waals surface area (Å²) in [5, 5.41) is 9.14. The van der Waals surface area contributed by atoms with Crippen molar-refractivity contribution in [3.63, 3.8) is 0 Å². The molecule has 2 aliphatic rings. The van der Waals surface area contributed by atoms with E-state index in [0.717, 1.165) is 11.4 Å². The Labute approximate surface area is 180 Å². The van der Waals surface area contributed by atoms with E-state index in [-0.39, 0.29) is 23.8 Å². The van der Waals surface area contributed by atoms with Crippen LogP contribution in [0.25, 0.3) is 11.4 Å². The summed E-state index contributed by atoms with van der Waals surface area (Å²) in [6.07, 6.45) is 0. The van der Waals surface area contributed by atoms with Gasteiger partial charge in [0.1, 0.15) is 5.69 Å². The zero-order chi connectivity index (χ0) is 21.7. The molecule has 0 fully saturated rings. The van der Waals surface area contributed by atoms with E-state index >= 15 is 0 Å². The molecule has 1 atom stereocenters. The fourth-order valence-corrected chi connectivity index (χ4v) is 4.37. The van der Waals surface area contributed by atoms with Crippen molar-refractivity contribution in [2.75, 3.05) is 20.1 Å². The first-order valence-electron chi connectivity index (χ1n) is 10.6. The third-order valence-electron chi connectivity index (χ3n) is 5.99. The zero-order valence-electron chi connectivity index (χ0n) is 17.9. The van der Waals surface area contributed by atoms with Crippen molar-refractivity contribution in [1.29, 1.82) is 0 Å². The molecule has 0 saturated heterocycles. The van der Waals surface area contributed by atoms with Gasteiger partial charge in [0, 0.05) is 31.8 Å². The Hall–Kier alpha value is -3.49. The SMILES string of the molecule is CC(C)[C@H]1c2nc(-c3ccccc3)nn2CCN1C(=O)c1cc2n(n1)CCN(C)C2=O. The molecule has 31 heavy (non-hydrogen) atoms. The highest BCUT2D eigenvalue weighted by atomic mass is 16.2. The smallest absolute Gasteiger partial charge is 0.275 e. The normalized spacial score (nSPS) is 18.3. The van der Waals surface area contributed by atoms with E-state index in [0.29, 0.717) is 43.4 Å². The van der Waals surface area contributed by atoms with Crippen molar-refractivity contribution in [1.82, 2.24) is 34.3 Å². The second-order valence-electron chi connectivity index (χ2n) is 8.43. The van der Waals surface area contributed by atoms with Gasteiger partial charge in [-0.3, -0.25) is 14.3 Å².